The van der Waals surface area contributed by atoms with Crippen molar-refractivity contribution in [3.05, 3.63) is 71.2 Å². The average molecular weight is 324 g/mol. The molecule has 0 aliphatic carbocycles. The summed E-state index contributed by atoms with van der Waals surface area (Å²) in [5.41, 5.74) is 2.81. The van der Waals surface area contributed by atoms with Crippen LogP contribution in [0.3, 0.4) is 0 Å². The summed E-state index contributed by atoms with van der Waals surface area (Å²) in [6, 6.07) is 13.3. The second-order valence-corrected chi connectivity index (χ2v) is 5.67. The topological polar surface area (TPSA) is 51.1 Å². The van der Waals surface area contributed by atoms with Crippen molar-refractivity contribution in [2.75, 3.05) is 0 Å². The van der Waals surface area contributed by atoms with Crippen molar-refractivity contribution >= 4 is 22.6 Å². The number of nitrogens with zero attached hydrogens (tertiary/aromatic N) is 1. The molecule has 1 heterocycles. The number of para-hydroxylation sites is 1. The van der Waals surface area contributed by atoms with Gasteiger partial charge in [-0.2, -0.15) is 0 Å². The van der Waals surface area contributed by atoms with Crippen molar-refractivity contribution < 1.29 is 14.0 Å². The van der Waals surface area contributed by atoms with Gasteiger partial charge >= 0.3 is 0 Å². The summed E-state index contributed by atoms with van der Waals surface area (Å²) >= 11 is 0. The van der Waals surface area contributed by atoms with E-state index in [-0.39, 0.29) is 12.4 Å². The molecule has 5 heteroatoms. The van der Waals surface area contributed by atoms with E-state index in [1.807, 2.05) is 42.8 Å². The minimum atomic E-state index is -0.668. The first-order valence-corrected chi connectivity index (χ1v) is 7.60. The van der Waals surface area contributed by atoms with E-state index in [4.69, 9.17) is 0 Å². The highest BCUT2D eigenvalue weighted by atomic mass is 19.1. The summed E-state index contributed by atoms with van der Waals surface area (Å²) in [5.74, 6) is -1.57. The summed E-state index contributed by atoms with van der Waals surface area (Å²) in [5, 5.41) is 3.36. The van der Waals surface area contributed by atoms with Crippen LogP contribution in [0.25, 0.3) is 10.9 Å². The van der Waals surface area contributed by atoms with Gasteiger partial charge in [0.05, 0.1) is 5.56 Å². The van der Waals surface area contributed by atoms with Crippen LogP contribution in [0, 0.1) is 12.7 Å². The smallest absolute Gasteiger partial charge is 0.292 e. The molecule has 24 heavy (non-hydrogen) atoms. The van der Waals surface area contributed by atoms with Gasteiger partial charge in [0.25, 0.3) is 11.7 Å². The van der Waals surface area contributed by atoms with E-state index in [0.29, 0.717) is 5.56 Å². The molecule has 0 unspecified atom stereocenters. The number of halogens is 1. The Kier molecular flexibility index (Phi) is 4.16. The van der Waals surface area contributed by atoms with Crippen LogP contribution < -0.4 is 5.32 Å². The summed E-state index contributed by atoms with van der Waals surface area (Å²) < 4.78 is 14.8. The lowest BCUT2D eigenvalue weighted by atomic mass is 10.1. The van der Waals surface area contributed by atoms with Gasteiger partial charge in [-0.15, -0.1) is 0 Å². The SMILES string of the molecule is Cc1c(C(=O)C(=O)NCc2ccc(F)cc2)c2ccccc2n1C. The van der Waals surface area contributed by atoms with Crippen LogP contribution >= 0.6 is 0 Å². The Balaban J connectivity index is 1.82. The monoisotopic (exact) mass is 324 g/mol. The summed E-state index contributed by atoms with van der Waals surface area (Å²) in [6.45, 7) is 2.00. The van der Waals surface area contributed by atoms with E-state index in [1.165, 1.54) is 12.1 Å². The number of carbonyl (C=O) groups is 2. The van der Waals surface area contributed by atoms with Gasteiger partial charge in [0.1, 0.15) is 5.82 Å². The molecule has 0 fully saturated rings. The summed E-state index contributed by atoms with van der Waals surface area (Å²) in [4.78, 5) is 24.8. The zero-order chi connectivity index (χ0) is 17.3. The van der Waals surface area contributed by atoms with Crippen LogP contribution in [0.15, 0.2) is 48.5 Å². The minimum absolute atomic E-state index is 0.175. The quantitative estimate of drug-likeness (QED) is 0.592. The van der Waals surface area contributed by atoms with E-state index in [9.17, 15) is 14.0 Å². The number of benzene rings is 2. The molecule has 0 saturated carbocycles. The van der Waals surface area contributed by atoms with Crippen LogP contribution in [-0.4, -0.2) is 16.3 Å². The molecule has 1 N–H and O–H groups in total. The fourth-order valence-electron chi connectivity index (χ4n) is 2.79. The standard InChI is InChI=1S/C19H17FN2O2/c1-12-17(15-5-3-4-6-16(15)22(12)2)18(23)19(24)21-11-13-7-9-14(20)10-8-13/h3-10H,11H2,1-2H3,(H,21,24). The van der Waals surface area contributed by atoms with Crippen LogP contribution in [0.1, 0.15) is 21.6 Å². The number of aromatic nitrogens is 1. The van der Waals surface area contributed by atoms with Gasteiger partial charge in [0, 0.05) is 30.2 Å². The van der Waals surface area contributed by atoms with Crippen molar-refractivity contribution in [1.82, 2.24) is 9.88 Å². The number of rotatable bonds is 4. The highest BCUT2D eigenvalue weighted by molar-refractivity contribution is 6.45. The Labute approximate surface area is 138 Å². The fraction of sp³-hybridized carbons (Fsp3) is 0.158. The third-order valence-corrected chi connectivity index (χ3v) is 4.20. The minimum Gasteiger partial charge on any atom is -0.347 e. The van der Waals surface area contributed by atoms with Gasteiger partial charge in [0.2, 0.25) is 0 Å². The molecular formula is C19H17FN2O2. The number of Topliss-reactive ketones (excluding diaryl/α,β-unsaturated/α-hetero) is 1. The van der Waals surface area contributed by atoms with Gasteiger partial charge in [-0.25, -0.2) is 4.39 Å². The number of fused-ring (bicyclic) bond motifs is 1. The number of carbonyl (C=O) groups excluding carboxylic acids is 2. The maximum absolute atomic E-state index is 12.9. The van der Waals surface area contributed by atoms with Gasteiger partial charge in [-0.3, -0.25) is 9.59 Å². The Hall–Kier alpha value is -2.95. The molecule has 1 amide bonds. The van der Waals surface area contributed by atoms with Crippen molar-refractivity contribution in [3.63, 3.8) is 0 Å². The van der Waals surface area contributed by atoms with Gasteiger partial charge in [-0.1, -0.05) is 30.3 Å². The Morgan fingerprint density at radius 3 is 2.46 bits per heavy atom. The van der Waals surface area contributed by atoms with Crippen LogP contribution in [0.5, 0.6) is 0 Å². The van der Waals surface area contributed by atoms with Crippen molar-refractivity contribution in [3.8, 4) is 0 Å². The van der Waals surface area contributed by atoms with Crippen LogP contribution in [0.2, 0.25) is 0 Å². The third-order valence-electron chi connectivity index (χ3n) is 4.20. The molecule has 2 aromatic carbocycles. The first-order chi connectivity index (χ1) is 11.5. The van der Waals surface area contributed by atoms with Crippen molar-refractivity contribution in [2.45, 2.75) is 13.5 Å². The number of hydrogen-bond donors (Lipinski definition) is 1. The first-order valence-electron chi connectivity index (χ1n) is 7.60. The Bertz CT molecular complexity index is 926. The number of aryl methyl sites for hydroxylation is 1. The molecular weight excluding hydrogens is 307 g/mol. The number of amides is 1. The summed E-state index contributed by atoms with van der Waals surface area (Å²) in [6.07, 6.45) is 0. The van der Waals surface area contributed by atoms with E-state index in [0.717, 1.165) is 22.2 Å². The van der Waals surface area contributed by atoms with Crippen LogP contribution in [0.4, 0.5) is 4.39 Å². The first kappa shape index (κ1) is 15.9. The molecule has 0 atom stereocenters. The van der Waals surface area contributed by atoms with Gasteiger partial charge in [0.15, 0.2) is 0 Å². The molecule has 0 aliphatic heterocycles. The molecule has 0 bridgehead atoms. The van der Waals surface area contributed by atoms with E-state index >= 15 is 0 Å². The highest BCUT2D eigenvalue weighted by Crippen LogP contribution is 2.25. The Morgan fingerprint density at radius 1 is 1.08 bits per heavy atom. The molecule has 0 spiro atoms. The third kappa shape index (κ3) is 2.80. The molecule has 3 aromatic rings. The maximum atomic E-state index is 12.9. The molecule has 122 valence electrons. The summed E-state index contributed by atoms with van der Waals surface area (Å²) in [7, 11) is 1.87. The fourth-order valence-corrected chi connectivity index (χ4v) is 2.79. The normalized spacial score (nSPS) is 10.8. The number of hydrogen-bond acceptors (Lipinski definition) is 2. The predicted molar refractivity (Wildman–Crippen MR) is 90.2 cm³/mol. The zero-order valence-corrected chi connectivity index (χ0v) is 13.5. The molecule has 0 saturated heterocycles. The molecule has 3 rings (SSSR count). The van der Waals surface area contributed by atoms with Gasteiger partial charge in [-0.05, 0) is 30.7 Å². The Morgan fingerprint density at radius 2 is 1.75 bits per heavy atom. The largest absolute Gasteiger partial charge is 0.347 e. The van der Waals surface area contributed by atoms with Crippen molar-refractivity contribution in [1.29, 1.82) is 0 Å². The lowest BCUT2D eigenvalue weighted by molar-refractivity contribution is -0.117. The molecule has 0 radical (unpaired) electrons. The van der Waals surface area contributed by atoms with Crippen LogP contribution in [-0.2, 0) is 18.4 Å². The number of nitrogens with one attached hydrogen (secondary N) is 1. The van der Waals surface area contributed by atoms with E-state index < -0.39 is 11.7 Å². The predicted octanol–water partition coefficient (Wildman–Crippen LogP) is 3.12. The second-order valence-electron chi connectivity index (χ2n) is 5.67. The number of ketones is 1. The zero-order valence-electron chi connectivity index (χ0n) is 13.5. The van der Waals surface area contributed by atoms with Crippen molar-refractivity contribution in [2.24, 2.45) is 7.05 Å². The molecule has 4 nitrogen and oxygen atoms in total. The molecule has 1 aromatic heterocycles. The van der Waals surface area contributed by atoms with E-state index in [2.05, 4.69) is 5.32 Å². The highest BCUT2D eigenvalue weighted by Gasteiger charge is 2.23. The van der Waals surface area contributed by atoms with E-state index in [1.54, 1.807) is 12.1 Å². The average Bonchev–Trinajstić information content (AvgIpc) is 2.85. The maximum Gasteiger partial charge on any atom is 0.292 e. The second kappa shape index (κ2) is 6.28. The lowest BCUT2D eigenvalue weighted by Crippen LogP contribution is -2.31. The molecule has 0 aliphatic rings. The lowest BCUT2D eigenvalue weighted by Gasteiger charge is -2.05. The van der Waals surface area contributed by atoms with Gasteiger partial charge < -0.3 is 9.88 Å².